The van der Waals surface area contributed by atoms with E-state index in [0.29, 0.717) is 5.41 Å². The molecule has 0 aromatic carbocycles. The molecule has 0 saturated carbocycles. The third-order valence-corrected chi connectivity index (χ3v) is 3.28. The van der Waals surface area contributed by atoms with Gasteiger partial charge in [-0.1, -0.05) is 6.42 Å². The number of rotatable bonds is 0. The molecule has 2 aliphatic heterocycles. The van der Waals surface area contributed by atoms with E-state index in [0.717, 1.165) is 13.1 Å². The lowest BCUT2D eigenvalue weighted by molar-refractivity contribution is 0.191. The van der Waals surface area contributed by atoms with Crippen molar-refractivity contribution in [2.24, 2.45) is 5.41 Å². The molecule has 0 aromatic heterocycles. The highest BCUT2D eigenvalue weighted by atomic mass is 14.9. The van der Waals surface area contributed by atoms with Crippen molar-refractivity contribution < 1.29 is 0 Å². The van der Waals surface area contributed by atoms with Crippen LogP contribution in [0.25, 0.3) is 0 Å². The maximum Gasteiger partial charge on any atom is 0.0202 e. The minimum Gasteiger partial charge on any atom is -0.316 e. The Bertz CT molecular complexity index is 129. The minimum absolute atomic E-state index is 0.564. The second-order valence-electron chi connectivity index (χ2n) is 4.34. The number of nitrogens with one attached hydrogen (secondary N) is 1. The summed E-state index contributed by atoms with van der Waals surface area (Å²) in [5.74, 6) is 0. The van der Waals surface area contributed by atoms with E-state index in [2.05, 4.69) is 10.6 Å². The summed E-state index contributed by atoms with van der Waals surface area (Å²) in [6.07, 6.45) is 6.90. The third-order valence-electron chi connectivity index (χ3n) is 3.28. The van der Waals surface area contributed by atoms with E-state index in [1.165, 1.54) is 45.2 Å². The van der Waals surface area contributed by atoms with Gasteiger partial charge in [-0.05, 0) is 37.6 Å². The summed E-state index contributed by atoms with van der Waals surface area (Å²) in [6, 6.07) is 0. The lowest BCUT2D eigenvalue weighted by Gasteiger charge is -2.35. The van der Waals surface area contributed by atoms with Gasteiger partial charge in [-0.25, -0.2) is 5.32 Å². The second kappa shape index (κ2) is 3.75. The van der Waals surface area contributed by atoms with Crippen molar-refractivity contribution in [1.29, 1.82) is 0 Å². The smallest absolute Gasteiger partial charge is 0.0202 e. The van der Waals surface area contributed by atoms with Crippen LogP contribution in [0.15, 0.2) is 0 Å². The van der Waals surface area contributed by atoms with Crippen molar-refractivity contribution in [3.8, 4) is 0 Å². The van der Waals surface area contributed by atoms with E-state index in [4.69, 9.17) is 0 Å². The Hall–Kier alpha value is -0.0800. The van der Waals surface area contributed by atoms with Gasteiger partial charge in [0.05, 0.1) is 0 Å². The highest BCUT2D eigenvalue weighted by Gasteiger charge is 2.32. The Balaban J connectivity index is 1.95. The van der Waals surface area contributed by atoms with Gasteiger partial charge in [0.25, 0.3) is 0 Å². The number of hydrogen-bond acceptors (Lipinski definition) is 1. The highest BCUT2D eigenvalue weighted by molar-refractivity contribution is 4.88. The summed E-state index contributed by atoms with van der Waals surface area (Å²) in [7, 11) is 0. The van der Waals surface area contributed by atoms with Crippen molar-refractivity contribution in [2.75, 3.05) is 26.2 Å². The first-order valence-electron chi connectivity index (χ1n) is 5.25. The molecule has 1 N–H and O–H groups in total. The van der Waals surface area contributed by atoms with E-state index in [1.54, 1.807) is 0 Å². The van der Waals surface area contributed by atoms with E-state index in [9.17, 15) is 0 Å². The maximum absolute atomic E-state index is 4.56. The van der Waals surface area contributed by atoms with Crippen LogP contribution >= 0.6 is 0 Å². The summed E-state index contributed by atoms with van der Waals surface area (Å²) in [4.78, 5) is 0. The van der Waals surface area contributed by atoms with Gasteiger partial charge in [0, 0.05) is 19.6 Å². The van der Waals surface area contributed by atoms with Crippen LogP contribution in [0.2, 0.25) is 0 Å². The van der Waals surface area contributed by atoms with E-state index in [1.807, 2.05) is 0 Å². The largest absolute Gasteiger partial charge is 0.316 e. The zero-order valence-corrected chi connectivity index (χ0v) is 7.81. The van der Waals surface area contributed by atoms with E-state index < -0.39 is 0 Å². The fraction of sp³-hybridized carbons (Fsp3) is 1.00. The lowest BCUT2D eigenvalue weighted by atomic mass is 9.77. The second-order valence-corrected chi connectivity index (χ2v) is 4.34. The SMILES string of the molecule is C1CCC2(CCC[N]C2)CNC1. The van der Waals surface area contributed by atoms with Gasteiger partial charge in [-0.2, -0.15) is 0 Å². The molecule has 2 fully saturated rings. The van der Waals surface area contributed by atoms with Crippen LogP contribution in [0.5, 0.6) is 0 Å². The zero-order valence-electron chi connectivity index (χ0n) is 7.81. The molecular weight excluding hydrogens is 148 g/mol. The third kappa shape index (κ3) is 1.80. The molecular formula is C10H19N2. The molecule has 2 saturated heterocycles. The first kappa shape index (κ1) is 8.52. The molecule has 2 rings (SSSR count). The average Bonchev–Trinajstić information content (AvgIpc) is 2.33. The molecule has 1 radical (unpaired) electrons. The quantitative estimate of drug-likeness (QED) is 0.575. The molecule has 2 heterocycles. The first-order chi connectivity index (χ1) is 5.91. The molecule has 2 heteroatoms. The van der Waals surface area contributed by atoms with Crippen LogP contribution < -0.4 is 10.6 Å². The van der Waals surface area contributed by atoms with Crippen LogP contribution in [0, 0.1) is 5.41 Å². The Morgan fingerprint density at radius 1 is 1.08 bits per heavy atom. The maximum atomic E-state index is 4.56. The molecule has 0 bridgehead atoms. The molecule has 0 aromatic rings. The molecule has 0 amide bonds. The van der Waals surface area contributed by atoms with Crippen LogP contribution in [0.1, 0.15) is 32.1 Å². The van der Waals surface area contributed by atoms with Gasteiger partial charge in [-0.3, -0.25) is 0 Å². The van der Waals surface area contributed by atoms with Gasteiger partial charge in [-0.15, -0.1) is 0 Å². The van der Waals surface area contributed by atoms with Crippen molar-refractivity contribution in [3.05, 3.63) is 0 Å². The summed E-state index contributed by atoms with van der Waals surface area (Å²) in [5.41, 5.74) is 0.564. The molecule has 69 valence electrons. The van der Waals surface area contributed by atoms with Crippen molar-refractivity contribution in [2.45, 2.75) is 32.1 Å². The van der Waals surface area contributed by atoms with Crippen LogP contribution in [0.3, 0.4) is 0 Å². The topological polar surface area (TPSA) is 26.1 Å². The van der Waals surface area contributed by atoms with E-state index in [-0.39, 0.29) is 0 Å². The van der Waals surface area contributed by atoms with E-state index >= 15 is 0 Å². The monoisotopic (exact) mass is 167 g/mol. The van der Waals surface area contributed by atoms with Crippen molar-refractivity contribution >= 4 is 0 Å². The summed E-state index contributed by atoms with van der Waals surface area (Å²) < 4.78 is 0. The first-order valence-corrected chi connectivity index (χ1v) is 5.25. The number of nitrogens with zero attached hydrogens (tertiary/aromatic N) is 1. The summed E-state index contributed by atoms with van der Waals surface area (Å²) in [6.45, 7) is 4.68. The van der Waals surface area contributed by atoms with Gasteiger partial charge in [0.1, 0.15) is 0 Å². The Labute approximate surface area is 75.1 Å². The minimum atomic E-state index is 0.564. The zero-order chi connectivity index (χ0) is 8.28. The van der Waals surface area contributed by atoms with Gasteiger partial charge in [0.15, 0.2) is 0 Å². The van der Waals surface area contributed by atoms with Crippen molar-refractivity contribution in [3.63, 3.8) is 0 Å². The number of hydrogen-bond donors (Lipinski definition) is 1. The highest BCUT2D eigenvalue weighted by Crippen LogP contribution is 2.33. The fourth-order valence-electron chi connectivity index (χ4n) is 2.50. The lowest BCUT2D eigenvalue weighted by Crippen LogP contribution is -2.42. The van der Waals surface area contributed by atoms with Gasteiger partial charge < -0.3 is 5.32 Å². The molecule has 1 spiro atoms. The molecule has 0 aliphatic carbocycles. The molecule has 12 heavy (non-hydrogen) atoms. The normalized spacial score (nSPS) is 38.0. The fourth-order valence-corrected chi connectivity index (χ4v) is 2.50. The average molecular weight is 167 g/mol. The summed E-state index contributed by atoms with van der Waals surface area (Å²) >= 11 is 0. The molecule has 1 atom stereocenters. The molecule has 2 aliphatic rings. The van der Waals surface area contributed by atoms with Gasteiger partial charge in [0.2, 0.25) is 0 Å². The van der Waals surface area contributed by atoms with Crippen molar-refractivity contribution in [1.82, 2.24) is 10.6 Å². The predicted molar refractivity (Wildman–Crippen MR) is 50.3 cm³/mol. The Kier molecular flexibility index (Phi) is 2.66. The molecule has 1 unspecified atom stereocenters. The Morgan fingerprint density at radius 3 is 2.83 bits per heavy atom. The number of piperidine rings is 1. The van der Waals surface area contributed by atoms with Crippen LogP contribution in [0.4, 0.5) is 0 Å². The Morgan fingerprint density at radius 2 is 2.00 bits per heavy atom. The standard InChI is InChI=1S/C10H19N2/c1-2-6-11-8-10(4-1)5-3-7-12-9-10/h11H,1-9H2. The van der Waals surface area contributed by atoms with Crippen LogP contribution in [-0.2, 0) is 0 Å². The van der Waals surface area contributed by atoms with Crippen LogP contribution in [-0.4, -0.2) is 26.2 Å². The predicted octanol–water partition coefficient (Wildman–Crippen LogP) is 1.14. The summed E-state index contributed by atoms with van der Waals surface area (Å²) in [5, 5.41) is 8.10. The van der Waals surface area contributed by atoms with Gasteiger partial charge >= 0.3 is 0 Å². The molecule has 2 nitrogen and oxygen atoms in total.